The number of carbonyl (C=O) groups excluding carboxylic acids is 4. The SMILES string of the molecule is CCC(C)CN(NC(=O)C[C@@H](O)CCC(C)C)C(=O)[C@H](CC1=CN(C(=O)[C@H](C)N)CN1c1ccccn1)NC(=O)OCc1ccccc1. The van der Waals surface area contributed by atoms with Crippen LogP contribution in [0.15, 0.2) is 66.6 Å². The van der Waals surface area contributed by atoms with Gasteiger partial charge in [0.2, 0.25) is 11.8 Å². The van der Waals surface area contributed by atoms with Crippen LogP contribution < -0.4 is 21.4 Å². The summed E-state index contributed by atoms with van der Waals surface area (Å²) in [5, 5.41) is 14.4. The van der Waals surface area contributed by atoms with Crippen molar-refractivity contribution in [3.05, 3.63) is 72.2 Å². The number of hydrogen-bond donors (Lipinski definition) is 4. The van der Waals surface area contributed by atoms with Crippen LogP contribution >= 0.6 is 0 Å². The lowest BCUT2D eigenvalue weighted by molar-refractivity contribution is -0.144. The van der Waals surface area contributed by atoms with Crippen LogP contribution in [0.3, 0.4) is 0 Å². The molecule has 4 atom stereocenters. The third kappa shape index (κ3) is 11.9. The van der Waals surface area contributed by atoms with Crippen LogP contribution in [0.2, 0.25) is 0 Å². The maximum Gasteiger partial charge on any atom is 0.408 e. The van der Waals surface area contributed by atoms with E-state index in [-0.39, 0.29) is 44.5 Å². The fourth-order valence-corrected chi connectivity index (χ4v) is 5.00. The topological polar surface area (TPSA) is 170 Å². The van der Waals surface area contributed by atoms with Crippen LogP contribution in [0.4, 0.5) is 10.6 Å². The molecule has 0 saturated carbocycles. The Hall–Kier alpha value is -4.49. The standard InChI is InChI=1S/C35H51N7O6/c1-6-25(4)20-42(39-32(44)19-29(43)16-15-24(2)3)34(46)30(38-35(47)48-22-27-12-8-7-9-13-27)18-28-21-40(33(45)26(5)36)23-41(28)31-14-10-11-17-37-31/h7-14,17,21,24-26,29-30,43H,6,15-16,18-20,22-23,36H2,1-5H3,(H,38,47)(H,39,44)/t25?,26-,29-,30-/m0/s1. The predicted molar refractivity (Wildman–Crippen MR) is 182 cm³/mol. The largest absolute Gasteiger partial charge is 0.445 e. The number of aliphatic hydroxyl groups is 1. The van der Waals surface area contributed by atoms with Gasteiger partial charge in [0.05, 0.1) is 18.6 Å². The Balaban J connectivity index is 1.91. The Morgan fingerprint density at radius 2 is 1.75 bits per heavy atom. The van der Waals surface area contributed by atoms with E-state index in [0.717, 1.165) is 18.4 Å². The maximum atomic E-state index is 14.3. The minimum Gasteiger partial charge on any atom is -0.445 e. The van der Waals surface area contributed by atoms with Gasteiger partial charge >= 0.3 is 6.09 Å². The van der Waals surface area contributed by atoms with Crippen molar-refractivity contribution in [2.24, 2.45) is 17.6 Å². The molecule has 48 heavy (non-hydrogen) atoms. The highest BCUT2D eigenvalue weighted by Crippen LogP contribution is 2.27. The number of pyridine rings is 1. The number of aliphatic hydroxyl groups excluding tert-OH is 1. The molecule has 2 aromatic rings. The number of anilines is 1. The zero-order chi connectivity index (χ0) is 35.2. The van der Waals surface area contributed by atoms with Crippen molar-refractivity contribution in [1.29, 1.82) is 0 Å². The van der Waals surface area contributed by atoms with E-state index in [4.69, 9.17) is 10.5 Å². The maximum absolute atomic E-state index is 14.3. The first-order valence-corrected chi connectivity index (χ1v) is 16.6. The molecule has 1 aliphatic heterocycles. The monoisotopic (exact) mass is 665 g/mol. The number of hydrogen-bond acceptors (Lipinski definition) is 9. The van der Waals surface area contributed by atoms with E-state index < -0.39 is 36.1 Å². The zero-order valence-corrected chi connectivity index (χ0v) is 28.7. The summed E-state index contributed by atoms with van der Waals surface area (Å²) >= 11 is 0. The molecule has 3 rings (SSSR count). The summed E-state index contributed by atoms with van der Waals surface area (Å²) in [6.07, 6.45) is 3.21. The van der Waals surface area contributed by atoms with Crippen molar-refractivity contribution in [3.8, 4) is 0 Å². The number of alkyl carbamates (subject to hydrolysis) is 1. The van der Waals surface area contributed by atoms with Gasteiger partial charge in [-0.15, -0.1) is 0 Å². The number of ether oxygens (including phenoxy) is 1. The lowest BCUT2D eigenvalue weighted by atomic mass is 10.0. The highest BCUT2D eigenvalue weighted by molar-refractivity contribution is 5.89. The molecule has 5 N–H and O–H groups in total. The minimum atomic E-state index is -1.22. The van der Waals surface area contributed by atoms with Crippen LogP contribution in [0.5, 0.6) is 0 Å². The van der Waals surface area contributed by atoms with Crippen molar-refractivity contribution < 1.29 is 29.0 Å². The Labute approximate surface area is 283 Å². The molecule has 0 aliphatic carbocycles. The van der Waals surface area contributed by atoms with Gasteiger partial charge < -0.3 is 25.8 Å². The molecule has 0 fully saturated rings. The van der Waals surface area contributed by atoms with Gasteiger partial charge in [-0.3, -0.25) is 29.7 Å². The van der Waals surface area contributed by atoms with Gasteiger partial charge in [0.15, 0.2) is 0 Å². The Kier molecular flexibility index (Phi) is 14.8. The minimum absolute atomic E-state index is 0.000616. The van der Waals surface area contributed by atoms with E-state index in [1.807, 2.05) is 58.0 Å². The molecule has 4 amide bonds. The van der Waals surface area contributed by atoms with Gasteiger partial charge in [0, 0.05) is 31.1 Å². The van der Waals surface area contributed by atoms with E-state index in [0.29, 0.717) is 23.9 Å². The second kappa shape index (κ2) is 18.7. The third-order valence-electron chi connectivity index (χ3n) is 7.98. The molecule has 1 aromatic carbocycles. The molecule has 1 aliphatic rings. The number of carbonyl (C=O) groups is 4. The van der Waals surface area contributed by atoms with Gasteiger partial charge in [-0.1, -0.05) is 70.5 Å². The van der Waals surface area contributed by atoms with Crippen molar-refractivity contribution in [2.45, 2.75) is 91.5 Å². The fraction of sp³-hybridized carbons (Fsp3) is 0.514. The molecule has 2 heterocycles. The van der Waals surface area contributed by atoms with Crippen molar-refractivity contribution in [2.75, 3.05) is 18.1 Å². The summed E-state index contributed by atoms with van der Waals surface area (Å²) in [5.41, 5.74) is 9.88. The number of benzene rings is 1. The number of amides is 4. The molecular weight excluding hydrogens is 614 g/mol. The summed E-state index contributed by atoms with van der Waals surface area (Å²) in [6, 6.07) is 12.5. The summed E-state index contributed by atoms with van der Waals surface area (Å²) in [6.45, 7) is 9.83. The molecule has 0 bridgehead atoms. The van der Waals surface area contributed by atoms with Gasteiger partial charge in [-0.25, -0.2) is 9.78 Å². The zero-order valence-electron chi connectivity index (χ0n) is 28.7. The molecule has 1 unspecified atom stereocenters. The molecule has 262 valence electrons. The predicted octanol–water partition coefficient (Wildman–Crippen LogP) is 3.65. The first-order valence-electron chi connectivity index (χ1n) is 16.6. The lowest BCUT2D eigenvalue weighted by Crippen LogP contribution is -2.56. The molecule has 13 nitrogen and oxygen atoms in total. The molecular formula is C35H51N7O6. The van der Waals surface area contributed by atoms with E-state index >= 15 is 0 Å². The molecule has 1 aromatic heterocycles. The van der Waals surface area contributed by atoms with Crippen LogP contribution in [0.1, 0.15) is 72.3 Å². The summed E-state index contributed by atoms with van der Waals surface area (Å²) in [5.74, 6) is -0.532. The highest BCUT2D eigenvalue weighted by atomic mass is 16.5. The Bertz CT molecular complexity index is 1370. The van der Waals surface area contributed by atoms with Crippen molar-refractivity contribution >= 4 is 29.6 Å². The van der Waals surface area contributed by atoms with Crippen LogP contribution in [-0.2, 0) is 25.7 Å². The fourth-order valence-electron chi connectivity index (χ4n) is 5.00. The normalized spacial score (nSPS) is 15.3. The Morgan fingerprint density at radius 1 is 1.04 bits per heavy atom. The van der Waals surface area contributed by atoms with Crippen molar-refractivity contribution in [3.63, 3.8) is 0 Å². The van der Waals surface area contributed by atoms with E-state index in [1.54, 1.807) is 42.4 Å². The number of hydrazine groups is 1. The van der Waals surface area contributed by atoms with Crippen molar-refractivity contribution in [1.82, 2.24) is 25.6 Å². The number of rotatable bonds is 16. The first-order chi connectivity index (χ1) is 22.9. The number of nitrogens with one attached hydrogen (secondary N) is 2. The number of aromatic nitrogens is 1. The van der Waals surface area contributed by atoms with Crippen LogP contribution in [-0.4, -0.2) is 75.2 Å². The lowest BCUT2D eigenvalue weighted by Gasteiger charge is -2.31. The second-order valence-corrected chi connectivity index (χ2v) is 12.8. The second-order valence-electron chi connectivity index (χ2n) is 12.8. The molecule has 0 spiro atoms. The van der Waals surface area contributed by atoms with Gasteiger partial charge in [-0.05, 0) is 49.3 Å². The number of nitrogens with two attached hydrogens (primary N) is 1. The van der Waals surface area contributed by atoms with Gasteiger partial charge in [0.25, 0.3) is 5.91 Å². The third-order valence-corrected chi connectivity index (χ3v) is 7.98. The van der Waals surface area contributed by atoms with Gasteiger partial charge in [0.1, 0.15) is 25.1 Å². The molecule has 0 saturated heterocycles. The summed E-state index contributed by atoms with van der Waals surface area (Å²) in [4.78, 5) is 61.1. The van der Waals surface area contributed by atoms with Crippen LogP contribution in [0, 0.1) is 11.8 Å². The van der Waals surface area contributed by atoms with E-state index in [1.165, 1.54) is 9.91 Å². The molecule has 13 heteroatoms. The first kappa shape index (κ1) is 38.0. The quantitative estimate of drug-likeness (QED) is 0.196. The van der Waals surface area contributed by atoms with E-state index in [9.17, 15) is 24.3 Å². The highest BCUT2D eigenvalue weighted by Gasteiger charge is 2.35. The molecule has 0 radical (unpaired) electrons. The van der Waals surface area contributed by atoms with Crippen LogP contribution in [0.25, 0.3) is 0 Å². The average Bonchev–Trinajstić information content (AvgIpc) is 3.49. The van der Waals surface area contributed by atoms with E-state index in [2.05, 4.69) is 15.7 Å². The smallest absolute Gasteiger partial charge is 0.408 e. The summed E-state index contributed by atoms with van der Waals surface area (Å²) in [7, 11) is 0. The Morgan fingerprint density at radius 3 is 2.38 bits per heavy atom. The summed E-state index contributed by atoms with van der Waals surface area (Å²) < 4.78 is 5.47. The van der Waals surface area contributed by atoms with Gasteiger partial charge in [-0.2, -0.15) is 0 Å². The average molecular weight is 666 g/mol. The number of nitrogens with zero attached hydrogens (tertiary/aromatic N) is 4.